The molecule has 0 aromatic heterocycles. The molecule has 0 unspecified atom stereocenters. The van der Waals surface area contributed by atoms with Crippen molar-refractivity contribution in [2.75, 3.05) is 7.05 Å². The molecular weight excluding hydrogens is 294 g/mol. The van der Waals surface area contributed by atoms with E-state index in [0.29, 0.717) is 6.42 Å². The van der Waals surface area contributed by atoms with Crippen molar-refractivity contribution >= 4 is 20.0 Å². The molecule has 1 spiro atoms. The fraction of sp³-hybridized carbons (Fsp3) is 0.765. The maximum absolute atomic E-state index is 12.6. The molecule has 5 heteroatoms. The van der Waals surface area contributed by atoms with Crippen LogP contribution in [-0.2, 0) is 14.0 Å². The van der Waals surface area contributed by atoms with E-state index in [9.17, 15) is 9.59 Å². The van der Waals surface area contributed by atoms with E-state index in [2.05, 4.69) is 33.9 Å². The van der Waals surface area contributed by atoms with Gasteiger partial charge in [-0.2, -0.15) is 0 Å². The third-order valence-corrected chi connectivity index (χ3v) is 11.1. The van der Waals surface area contributed by atoms with Crippen LogP contribution in [0.15, 0.2) is 11.8 Å². The van der Waals surface area contributed by atoms with Gasteiger partial charge in [-0.3, -0.25) is 9.59 Å². The molecule has 0 aromatic carbocycles. The van der Waals surface area contributed by atoms with Crippen LogP contribution in [0.4, 0.5) is 0 Å². The van der Waals surface area contributed by atoms with Crippen LogP contribution in [0.5, 0.6) is 0 Å². The van der Waals surface area contributed by atoms with E-state index >= 15 is 0 Å². The van der Waals surface area contributed by atoms with Gasteiger partial charge in [0.25, 0.3) is 0 Å². The van der Waals surface area contributed by atoms with E-state index in [4.69, 9.17) is 4.43 Å². The highest BCUT2D eigenvalue weighted by Crippen LogP contribution is 2.76. The van der Waals surface area contributed by atoms with Crippen molar-refractivity contribution in [3.05, 3.63) is 11.8 Å². The SMILES string of the molecule is CN1C(=O)[C@@]2(C)C[C@@]23C1=CC(=O)C[C@H]3O[Si](C)(C)C(C)(C)C. The van der Waals surface area contributed by atoms with Crippen molar-refractivity contribution < 1.29 is 14.0 Å². The van der Waals surface area contributed by atoms with Crippen molar-refractivity contribution in [1.29, 1.82) is 0 Å². The molecule has 122 valence electrons. The molecule has 1 heterocycles. The molecule has 2 fully saturated rings. The Balaban J connectivity index is 2.00. The molecule has 1 saturated heterocycles. The lowest BCUT2D eigenvalue weighted by molar-refractivity contribution is -0.131. The number of nitrogens with zero attached hydrogens (tertiary/aromatic N) is 1. The number of piperidine rings is 1. The predicted molar refractivity (Wildman–Crippen MR) is 87.7 cm³/mol. The van der Waals surface area contributed by atoms with Crippen molar-refractivity contribution in [3.8, 4) is 0 Å². The normalized spacial score (nSPS) is 37.9. The molecule has 0 bridgehead atoms. The van der Waals surface area contributed by atoms with Crippen LogP contribution in [0.3, 0.4) is 0 Å². The molecule has 0 aromatic rings. The molecule has 4 nitrogen and oxygen atoms in total. The molecule has 0 N–H and O–H groups in total. The number of carbonyl (C=O) groups excluding carboxylic acids is 2. The quantitative estimate of drug-likeness (QED) is 0.734. The van der Waals surface area contributed by atoms with Gasteiger partial charge in [0.2, 0.25) is 5.91 Å². The first-order valence-electron chi connectivity index (χ1n) is 8.08. The van der Waals surface area contributed by atoms with Gasteiger partial charge in [-0.1, -0.05) is 20.8 Å². The monoisotopic (exact) mass is 321 g/mol. The second-order valence-corrected chi connectivity index (χ2v) is 13.7. The van der Waals surface area contributed by atoms with Gasteiger partial charge in [0.05, 0.1) is 16.9 Å². The van der Waals surface area contributed by atoms with Crippen LogP contribution in [0.1, 0.15) is 40.5 Å². The van der Waals surface area contributed by atoms with E-state index in [-0.39, 0.29) is 33.7 Å². The molecule has 3 aliphatic rings. The van der Waals surface area contributed by atoms with Gasteiger partial charge < -0.3 is 9.33 Å². The van der Waals surface area contributed by atoms with Crippen LogP contribution >= 0.6 is 0 Å². The van der Waals surface area contributed by atoms with Crippen molar-refractivity contribution in [2.24, 2.45) is 10.8 Å². The van der Waals surface area contributed by atoms with Crippen LogP contribution in [0, 0.1) is 10.8 Å². The Morgan fingerprint density at radius 3 is 2.45 bits per heavy atom. The number of likely N-dealkylation sites (tertiary alicyclic amines) is 1. The lowest BCUT2D eigenvalue weighted by Crippen LogP contribution is -2.49. The minimum Gasteiger partial charge on any atom is -0.412 e. The van der Waals surface area contributed by atoms with E-state index in [1.54, 1.807) is 18.0 Å². The van der Waals surface area contributed by atoms with Crippen LogP contribution < -0.4 is 0 Å². The van der Waals surface area contributed by atoms with E-state index < -0.39 is 8.32 Å². The summed E-state index contributed by atoms with van der Waals surface area (Å²) in [6.45, 7) is 13.1. The average molecular weight is 321 g/mol. The molecule has 3 rings (SSSR count). The third kappa shape index (κ3) is 1.72. The Bertz CT molecular complexity index is 604. The number of allylic oxidation sites excluding steroid dienone is 1. The standard InChI is InChI=1S/C17H27NO3Si/c1-15(2,3)22(6,7)21-13-9-11(19)8-12-17(13)10-16(17,4)14(20)18(12)5/h8,13H,9-10H2,1-7H3/t13-,16-,17+/m1/s1. The summed E-state index contributed by atoms with van der Waals surface area (Å²) >= 11 is 0. The number of rotatable bonds is 2. The van der Waals surface area contributed by atoms with Crippen molar-refractivity contribution in [2.45, 2.75) is 64.8 Å². The number of carbonyl (C=O) groups is 2. The van der Waals surface area contributed by atoms with Gasteiger partial charge in [0, 0.05) is 25.2 Å². The summed E-state index contributed by atoms with van der Waals surface area (Å²) in [4.78, 5) is 26.4. The Morgan fingerprint density at radius 2 is 1.91 bits per heavy atom. The summed E-state index contributed by atoms with van der Waals surface area (Å²) < 4.78 is 6.63. The first kappa shape index (κ1) is 15.9. The minimum atomic E-state index is -1.99. The summed E-state index contributed by atoms with van der Waals surface area (Å²) in [6.07, 6.45) is 2.76. The second kappa shape index (κ2) is 4.12. The Morgan fingerprint density at radius 1 is 1.32 bits per heavy atom. The second-order valence-electron chi connectivity index (χ2n) is 8.91. The molecule has 3 atom stereocenters. The minimum absolute atomic E-state index is 0.0835. The maximum atomic E-state index is 12.6. The van der Waals surface area contributed by atoms with Gasteiger partial charge in [0.15, 0.2) is 14.1 Å². The van der Waals surface area contributed by atoms with Gasteiger partial charge in [-0.05, 0) is 31.5 Å². The van der Waals surface area contributed by atoms with Crippen molar-refractivity contribution in [3.63, 3.8) is 0 Å². The summed E-state index contributed by atoms with van der Waals surface area (Å²) in [5, 5.41) is 0.0911. The molecular formula is C17H27NO3Si. The van der Waals surface area contributed by atoms with E-state index in [0.717, 1.165) is 12.1 Å². The third-order valence-electron chi connectivity index (χ3n) is 6.56. The van der Waals surface area contributed by atoms with E-state index in [1.165, 1.54) is 0 Å². The smallest absolute Gasteiger partial charge is 0.233 e. The molecule has 22 heavy (non-hydrogen) atoms. The Labute approximate surface area is 134 Å². The first-order chi connectivity index (χ1) is 9.87. The zero-order valence-corrected chi connectivity index (χ0v) is 15.7. The molecule has 1 aliphatic heterocycles. The van der Waals surface area contributed by atoms with Crippen molar-refractivity contribution in [1.82, 2.24) is 4.90 Å². The zero-order chi connectivity index (χ0) is 16.7. The Kier molecular flexibility index (Phi) is 2.98. The largest absolute Gasteiger partial charge is 0.412 e. The topological polar surface area (TPSA) is 46.6 Å². The van der Waals surface area contributed by atoms with Crippen LogP contribution in [0.25, 0.3) is 0 Å². The predicted octanol–water partition coefficient (Wildman–Crippen LogP) is 3.10. The van der Waals surface area contributed by atoms with Crippen LogP contribution in [-0.4, -0.2) is 38.1 Å². The first-order valence-corrected chi connectivity index (χ1v) is 11.0. The van der Waals surface area contributed by atoms with Gasteiger partial charge in [-0.15, -0.1) is 0 Å². The van der Waals surface area contributed by atoms with Crippen LogP contribution in [0.2, 0.25) is 18.1 Å². The fourth-order valence-corrected chi connectivity index (χ4v) is 5.38. The van der Waals surface area contributed by atoms with Gasteiger partial charge in [0.1, 0.15) is 0 Å². The summed E-state index contributed by atoms with van der Waals surface area (Å²) in [6, 6.07) is 0. The molecule has 2 aliphatic carbocycles. The molecule has 0 radical (unpaired) electrons. The maximum Gasteiger partial charge on any atom is 0.233 e. The zero-order valence-electron chi connectivity index (χ0n) is 14.7. The number of hydrogen-bond donors (Lipinski definition) is 0. The van der Waals surface area contributed by atoms with Gasteiger partial charge in [-0.25, -0.2) is 0 Å². The highest BCUT2D eigenvalue weighted by Gasteiger charge is 2.80. The molecule has 1 amide bonds. The number of amides is 1. The fourth-order valence-electron chi connectivity index (χ4n) is 4.03. The average Bonchev–Trinajstić information content (AvgIpc) is 2.94. The summed E-state index contributed by atoms with van der Waals surface area (Å²) in [7, 11) is -0.201. The summed E-state index contributed by atoms with van der Waals surface area (Å²) in [5.74, 6) is 0.220. The highest BCUT2D eigenvalue weighted by atomic mass is 28.4. The molecule has 1 saturated carbocycles. The lowest BCUT2D eigenvalue weighted by atomic mass is 9.82. The highest BCUT2D eigenvalue weighted by molar-refractivity contribution is 6.74. The Hall–Kier alpha value is -0.943. The lowest BCUT2D eigenvalue weighted by Gasteiger charge is -2.43. The number of hydrogen-bond acceptors (Lipinski definition) is 3. The van der Waals surface area contributed by atoms with E-state index in [1.807, 2.05) is 6.92 Å². The number of ketones is 1. The van der Waals surface area contributed by atoms with Gasteiger partial charge >= 0.3 is 0 Å². The summed E-state index contributed by atoms with van der Waals surface area (Å²) in [5.41, 5.74) is 0.254.